The fourth-order valence-corrected chi connectivity index (χ4v) is 2.57. The molecule has 2 aromatic rings. The van der Waals surface area contributed by atoms with E-state index in [-0.39, 0.29) is 12.4 Å². The Bertz CT molecular complexity index is 455. The topological polar surface area (TPSA) is 23.5 Å². The molecular formula is C14H16FNOS. The first kappa shape index (κ1) is 13.2. The molecule has 0 radical (unpaired) electrons. The minimum atomic E-state index is -0.217. The Morgan fingerprint density at radius 3 is 2.50 bits per heavy atom. The standard InChI is InChI=1S/C14H16FNOS/c15-13-5-3-12(4-6-13)10-16(7-8-17)11-14-2-1-9-18-14/h1-6,9,17H,7-8,10-11H2. The van der Waals surface area contributed by atoms with Gasteiger partial charge in [0.1, 0.15) is 5.82 Å². The molecule has 0 fully saturated rings. The molecule has 0 amide bonds. The summed E-state index contributed by atoms with van der Waals surface area (Å²) in [6.07, 6.45) is 0. The Morgan fingerprint density at radius 2 is 1.89 bits per heavy atom. The van der Waals surface area contributed by atoms with Crippen molar-refractivity contribution in [1.29, 1.82) is 0 Å². The highest BCUT2D eigenvalue weighted by molar-refractivity contribution is 7.09. The molecule has 0 saturated carbocycles. The van der Waals surface area contributed by atoms with Crippen molar-refractivity contribution >= 4 is 11.3 Å². The van der Waals surface area contributed by atoms with Crippen LogP contribution in [0.25, 0.3) is 0 Å². The molecule has 96 valence electrons. The van der Waals surface area contributed by atoms with E-state index in [1.54, 1.807) is 23.5 Å². The summed E-state index contributed by atoms with van der Waals surface area (Å²) in [4.78, 5) is 3.42. The quantitative estimate of drug-likeness (QED) is 0.868. The Hall–Kier alpha value is -1.23. The molecular weight excluding hydrogens is 249 g/mol. The van der Waals surface area contributed by atoms with Crippen LogP contribution in [-0.2, 0) is 13.1 Å². The number of aliphatic hydroxyl groups excluding tert-OH is 1. The van der Waals surface area contributed by atoms with E-state index in [4.69, 9.17) is 5.11 Å². The lowest BCUT2D eigenvalue weighted by atomic mass is 10.2. The van der Waals surface area contributed by atoms with Crippen molar-refractivity contribution in [3.05, 3.63) is 58.0 Å². The zero-order chi connectivity index (χ0) is 12.8. The van der Waals surface area contributed by atoms with Gasteiger partial charge in [-0.1, -0.05) is 18.2 Å². The van der Waals surface area contributed by atoms with Gasteiger partial charge in [0.2, 0.25) is 0 Å². The number of halogens is 1. The van der Waals surface area contributed by atoms with Gasteiger partial charge >= 0.3 is 0 Å². The van der Waals surface area contributed by atoms with Gasteiger partial charge in [-0.25, -0.2) is 4.39 Å². The van der Waals surface area contributed by atoms with Crippen LogP contribution in [0, 0.1) is 5.82 Å². The van der Waals surface area contributed by atoms with Crippen LogP contribution in [0.1, 0.15) is 10.4 Å². The summed E-state index contributed by atoms with van der Waals surface area (Å²) in [5.74, 6) is -0.217. The van der Waals surface area contributed by atoms with Crippen molar-refractivity contribution < 1.29 is 9.50 Å². The third kappa shape index (κ3) is 3.91. The van der Waals surface area contributed by atoms with E-state index in [2.05, 4.69) is 11.0 Å². The van der Waals surface area contributed by atoms with Gasteiger partial charge in [0, 0.05) is 24.5 Å². The van der Waals surface area contributed by atoms with Crippen LogP contribution < -0.4 is 0 Å². The van der Waals surface area contributed by atoms with Crippen molar-refractivity contribution in [3.8, 4) is 0 Å². The lowest BCUT2D eigenvalue weighted by molar-refractivity contribution is 0.185. The average Bonchev–Trinajstić information content (AvgIpc) is 2.85. The molecule has 0 atom stereocenters. The number of hydrogen-bond acceptors (Lipinski definition) is 3. The molecule has 0 bridgehead atoms. The van der Waals surface area contributed by atoms with Crippen molar-refractivity contribution in [3.63, 3.8) is 0 Å². The summed E-state index contributed by atoms with van der Waals surface area (Å²) in [6.45, 7) is 2.29. The zero-order valence-electron chi connectivity index (χ0n) is 10.1. The maximum atomic E-state index is 12.8. The Labute approximate surface area is 110 Å². The van der Waals surface area contributed by atoms with E-state index in [1.165, 1.54) is 17.0 Å². The first-order valence-electron chi connectivity index (χ1n) is 5.88. The number of benzene rings is 1. The normalized spacial score (nSPS) is 11.1. The van der Waals surface area contributed by atoms with E-state index < -0.39 is 0 Å². The number of thiophene rings is 1. The minimum Gasteiger partial charge on any atom is -0.395 e. The van der Waals surface area contributed by atoms with Gasteiger partial charge in [0.25, 0.3) is 0 Å². The fourth-order valence-electron chi connectivity index (χ4n) is 1.83. The van der Waals surface area contributed by atoms with Crippen LogP contribution in [0.15, 0.2) is 41.8 Å². The average molecular weight is 265 g/mol. The summed E-state index contributed by atoms with van der Waals surface area (Å²) < 4.78 is 12.8. The molecule has 18 heavy (non-hydrogen) atoms. The number of aliphatic hydroxyl groups is 1. The summed E-state index contributed by atoms with van der Waals surface area (Å²) in [5.41, 5.74) is 1.06. The second-order valence-corrected chi connectivity index (χ2v) is 5.17. The van der Waals surface area contributed by atoms with Gasteiger partial charge in [-0.15, -0.1) is 11.3 Å². The maximum Gasteiger partial charge on any atom is 0.123 e. The third-order valence-corrected chi connectivity index (χ3v) is 3.56. The molecule has 0 unspecified atom stereocenters. The van der Waals surface area contributed by atoms with E-state index >= 15 is 0 Å². The Morgan fingerprint density at radius 1 is 1.11 bits per heavy atom. The molecule has 0 aliphatic carbocycles. The van der Waals surface area contributed by atoms with Gasteiger partial charge in [-0.05, 0) is 29.1 Å². The highest BCUT2D eigenvalue weighted by Gasteiger charge is 2.07. The summed E-state index contributed by atoms with van der Waals surface area (Å²) >= 11 is 1.71. The zero-order valence-corrected chi connectivity index (χ0v) is 10.9. The molecule has 1 aromatic heterocycles. The Balaban J connectivity index is 1.99. The SMILES string of the molecule is OCCN(Cc1ccc(F)cc1)Cc1cccs1. The first-order chi connectivity index (χ1) is 8.78. The van der Waals surface area contributed by atoms with E-state index in [1.807, 2.05) is 11.4 Å². The second kappa shape index (κ2) is 6.64. The van der Waals surface area contributed by atoms with E-state index in [0.29, 0.717) is 6.54 Å². The number of nitrogens with zero attached hydrogens (tertiary/aromatic N) is 1. The molecule has 1 N–H and O–H groups in total. The monoisotopic (exact) mass is 265 g/mol. The van der Waals surface area contributed by atoms with Crippen LogP contribution >= 0.6 is 11.3 Å². The highest BCUT2D eigenvalue weighted by atomic mass is 32.1. The third-order valence-electron chi connectivity index (χ3n) is 2.70. The first-order valence-corrected chi connectivity index (χ1v) is 6.76. The molecule has 2 nitrogen and oxygen atoms in total. The van der Waals surface area contributed by atoms with Crippen LogP contribution in [-0.4, -0.2) is 23.2 Å². The maximum absolute atomic E-state index is 12.8. The molecule has 4 heteroatoms. The molecule has 0 saturated heterocycles. The van der Waals surface area contributed by atoms with E-state index in [9.17, 15) is 4.39 Å². The van der Waals surface area contributed by atoms with Gasteiger partial charge in [0.05, 0.1) is 6.61 Å². The molecule has 1 aromatic carbocycles. The molecule has 0 aliphatic rings. The van der Waals surface area contributed by atoms with Crippen molar-refractivity contribution in [2.45, 2.75) is 13.1 Å². The predicted molar refractivity (Wildman–Crippen MR) is 71.9 cm³/mol. The predicted octanol–water partition coefficient (Wildman–Crippen LogP) is 2.88. The number of rotatable bonds is 6. The Kier molecular flexibility index (Phi) is 4.87. The summed E-state index contributed by atoms with van der Waals surface area (Å²) in [7, 11) is 0. The molecule has 0 spiro atoms. The second-order valence-electron chi connectivity index (χ2n) is 4.14. The van der Waals surface area contributed by atoms with Crippen LogP contribution in [0.5, 0.6) is 0 Å². The molecule has 2 rings (SSSR count). The highest BCUT2D eigenvalue weighted by Crippen LogP contribution is 2.14. The minimum absolute atomic E-state index is 0.132. The van der Waals surface area contributed by atoms with Gasteiger partial charge < -0.3 is 5.11 Å². The molecule has 1 heterocycles. The van der Waals surface area contributed by atoms with E-state index in [0.717, 1.165) is 18.7 Å². The summed E-state index contributed by atoms with van der Waals surface area (Å²) in [6, 6.07) is 10.6. The van der Waals surface area contributed by atoms with Gasteiger partial charge in [0.15, 0.2) is 0 Å². The number of hydrogen-bond donors (Lipinski definition) is 1. The van der Waals surface area contributed by atoms with Crippen molar-refractivity contribution in [2.24, 2.45) is 0 Å². The van der Waals surface area contributed by atoms with Gasteiger partial charge in [-0.3, -0.25) is 4.90 Å². The van der Waals surface area contributed by atoms with Crippen molar-refractivity contribution in [2.75, 3.05) is 13.2 Å². The van der Waals surface area contributed by atoms with Crippen molar-refractivity contribution in [1.82, 2.24) is 4.90 Å². The molecule has 0 aliphatic heterocycles. The summed E-state index contributed by atoms with van der Waals surface area (Å²) in [5, 5.41) is 11.1. The fraction of sp³-hybridized carbons (Fsp3) is 0.286. The van der Waals surface area contributed by atoms with Gasteiger partial charge in [-0.2, -0.15) is 0 Å². The largest absolute Gasteiger partial charge is 0.395 e. The van der Waals surface area contributed by atoms with Crippen LogP contribution in [0.4, 0.5) is 4.39 Å². The van der Waals surface area contributed by atoms with Crippen LogP contribution in [0.3, 0.4) is 0 Å². The lowest BCUT2D eigenvalue weighted by Gasteiger charge is -2.20. The van der Waals surface area contributed by atoms with Crippen LogP contribution in [0.2, 0.25) is 0 Å². The lowest BCUT2D eigenvalue weighted by Crippen LogP contribution is -2.25. The smallest absolute Gasteiger partial charge is 0.123 e.